The molecule has 2 unspecified atom stereocenters. The summed E-state index contributed by atoms with van der Waals surface area (Å²) < 4.78 is 6.65. The molecule has 4 aromatic carbocycles. The first-order valence-electron chi connectivity index (χ1n) is 14.0. The van der Waals surface area contributed by atoms with Crippen molar-refractivity contribution in [1.29, 1.82) is 0 Å². The average molecular weight is 695 g/mol. The number of primary amides is 1. The quantitative estimate of drug-likeness (QED) is 0.250. The maximum absolute atomic E-state index is 14.4. The number of nitrogens with two attached hydrogens (primary N) is 1. The van der Waals surface area contributed by atoms with Gasteiger partial charge in [-0.25, -0.2) is 0 Å². The fraction of sp³-hybridized carbons (Fsp3) is 0.212. The van der Waals surface area contributed by atoms with Crippen molar-refractivity contribution < 1.29 is 23.9 Å². The largest absolute Gasteiger partial charge is 0.496 e. The second kappa shape index (κ2) is 14.1. The van der Waals surface area contributed by atoms with Gasteiger partial charge in [-0.3, -0.25) is 19.2 Å². The molecule has 4 amide bonds. The zero-order valence-electron chi connectivity index (χ0n) is 24.9. The molecule has 1 heterocycles. The molecule has 0 spiro atoms. The van der Waals surface area contributed by atoms with Crippen LogP contribution in [-0.4, -0.2) is 56.4 Å². The number of nitrogens with zero attached hydrogens (tertiary/aromatic N) is 2. The molecular weight excluding hydrogens is 662 g/mol. The Labute approximate surface area is 275 Å². The van der Waals surface area contributed by atoms with E-state index < -0.39 is 23.9 Å². The van der Waals surface area contributed by atoms with Crippen LogP contribution in [0.3, 0.4) is 0 Å². The van der Waals surface area contributed by atoms with Crippen LogP contribution in [0, 0.1) is 0 Å². The minimum absolute atomic E-state index is 0. The Morgan fingerprint density at radius 2 is 1.67 bits per heavy atom. The predicted octanol–water partition coefficient (Wildman–Crippen LogP) is 4.42. The summed E-state index contributed by atoms with van der Waals surface area (Å²) in [5.74, 6) is -1.19. The van der Waals surface area contributed by atoms with Gasteiger partial charge < -0.3 is 30.9 Å². The highest BCUT2D eigenvalue weighted by atomic mass is 79.9. The van der Waals surface area contributed by atoms with Gasteiger partial charge in [-0.15, -0.1) is 12.4 Å². The molecule has 10 nitrogen and oxygen atoms in total. The Kier molecular flexibility index (Phi) is 10.5. The van der Waals surface area contributed by atoms with E-state index in [0.717, 1.165) is 20.8 Å². The Hall–Kier alpha value is -4.45. The number of rotatable bonds is 8. The first-order chi connectivity index (χ1) is 21.1. The first kappa shape index (κ1) is 33.4. The minimum Gasteiger partial charge on any atom is -0.496 e. The molecule has 0 fully saturated rings. The first-order valence-corrected chi connectivity index (χ1v) is 14.8. The minimum atomic E-state index is -1.07. The molecule has 0 radical (unpaired) electrons. The van der Waals surface area contributed by atoms with Gasteiger partial charge in [0.15, 0.2) is 0 Å². The lowest BCUT2D eigenvalue weighted by Crippen LogP contribution is -2.55. The standard InChI is InChI=1S/C33H32BrN5O5.ClH/c1-19(36-2)31(41)37-26-18-39(32(42)21-10-8-20(9-11-21)30(35)40)28-7-5-4-6-27(28)38(33(26)43)17-25-24-14-13-23(34)16-22(24)12-15-29(25)44-3;/h4-16,19,26,36H,17-18H2,1-3H3,(H2,35,40)(H,37,41);1H. The monoisotopic (exact) mass is 693 g/mol. The lowest BCUT2D eigenvalue weighted by molar-refractivity contribution is -0.128. The summed E-state index contributed by atoms with van der Waals surface area (Å²) in [6, 6.07) is 21.2. The molecule has 0 aromatic heterocycles. The van der Waals surface area contributed by atoms with E-state index in [4.69, 9.17) is 10.5 Å². The van der Waals surface area contributed by atoms with Crippen molar-refractivity contribution in [3.05, 3.63) is 100 Å². The fourth-order valence-corrected chi connectivity index (χ4v) is 5.65. The number of halogens is 2. The Bertz CT molecular complexity index is 1770. The van der Waals surface area contributed by atoms with Gasteiger partial charge in [0.05, 0.1) is 37.6 Å². The highest BCUT2D eigenvalue weighted by Crippen LogP contribution is 2.38. The highest BCUT2D eigenvalue weighted by Gasteiger charge is 2.38. The third-order valence-corrected chi connectivity index (χ3v) is 8.28. The van der Waals surface area contributed by atoms with Crippen LogP contribution >= 0.6 is 28.3 Å². The molecule has 0 aliphatic carbocycles. The van der Waals surface area contributed by atoms with Crippen molar-refractivity contribution in [2.24, 2.45) is 5.73 Å². The van der Waals surface area contributed by atoms with Crippen LogP contribution in [0.1, 0.15) is 33.2 Å². The molecule has 5 rings (SSSR count). The number of hydrogen-bond acceptors (Lipinski definition) is 6. The SMILES string of the molecule is CNC(C)C(=O)NC1CN(C(=O)c2ccc(C(N)=O)cc2)c2ccccc2N(Cc2c(OC)ccc3cc(Br)ccc23)C1=O.Cl. The second-order valence-electron chi connectivity index (χ2n) is 10.5. The Balaban J connectivity index is 0.00000461. The number of benzene rings is 4. The maximum atomic E-state index is 14.4. The number of anilines is 2. The topological polar surface area (TPSA) is 134 Å². The van der Waals surface area contributed by atoms with E-state index in [-0.39, 0.29) is 42.9 Å². The summed E-state index contributed by atoms with van der Waals surface area (Å²) in [7, 11) is 3.23. The second-order valence-corrected chi connectivity index (χ2v) is 11.4. The molecule has 1 aliphatic heterocycles. The number of fused-ring (bicyclic) bond motifs is 2. The molecule has 12 heteroatoms. The van der Waals surface area contributed by atoms with Crippen molar-refractivity contribution in [3.63, 3.8) is 0 Å². The van der Waals surface area contributed by atoms with Gasteiger partial charge in [0, 0.05) is 21.2 Å². The number of ether oxygens (including phenoxy) is 1. The summed E-state index contributed by atoms with van der Waals surface area (Å²) in [4.78, 5) is 56.2. The number of likely N-dealkylation sites (N-methyl/N-ethyl adjacent to an activating group) is 1. The van der Waals surface area contributed by atoms with Gasteiger partial charge in [-0.1, -0.05) is 40.2 Å². The number of hydrogen-bond donors (Lipinski definition) is 3. The Morgan fingerprint density at radius 3 is 2.31 bits per heavy atom. The number of para-hydroxylation sites is 2. The highest BCUT2D eigenvalue weighted by molar-refractivity contribution is 9.10. The van der Waals surface area contributed by atoms with E-state index in [9.17, 15) is 19.2 Å². The van der Waals surface area contributed by atoms with Gasteiger partial charge in [0.2, 0.25) is 11.8 Å². The van der Waals surface area contributed by atoms with Crippen LogP contribution in [0.15, 0.2) is 83.3 Å². The number of carbonyl (C=O) groups excluding carboxylic acids is 4. The van der Waals surface area contributed by atoms with E-state index in [0.29, 0.717) is 22.7 Å². The van der Waals surface area contributed by atoms with Crippen LogP contribution in [0.4, 0.5) is 11.4 Å². The van der Waals surface area contributed by atoms with Gasteiger partial charge in [0.25, 0.3) is 11.8 Å². The molecule has 4 aromatic rings. The number of methoxy groups -OCH3 is 1. The summed E-state index contributed by atoms with van der Waals surface area (Å²) >= 11 is 3.53. The van der Waals surface area contributed by atoms with E-state index in [2.05, 4.69) is 26.6 Å². The lowest BCUT2D eigenvalue weighted by Gasteiger charge is -2.27. The fourth-order valence-electron chi connectivity index (χ4n) is 5.27. The predicted molar refractivity (Wildman–Crippen MR) is 180 cm³/mol. The van der Waals surface area contributed by atoms with E-state index >= 15 is 0 Å². The van der Waals surface area contributed by atoms with Gasteiger partial charge in [-0.2, -0.15) is 0 Å². The van der Waals surface area contributed by atoms with Gasteiger partial charge in [-0.05, 0) is 79.3 Å². The van der Waals surface area contributed by atoms with Crippen LogP contribution < -0.4 is 30.9 Å². The van der Waals surface area contributed by atoms with Crippen LogP contribution in [0.2, 0.25) is 0 Å². The molecule has 2 atom stereocenters. The van der Waals surface area contributed by atoms with Crippen molar-refractivity contribution in [2.45, 2.75) is 25.6 Å². The van der Waals surface area contributed by atoms with Crippen LogP contribution in [0.25, 0.3) is 10.8 Å². The maximum Gasteiger partial charge on any atom is 0.258 e. The van der Waals surface area contributed by atoms with Crippen molar-refractivity contribution in [3.8, 4) is 5.75 Å². The average Bonchev–Trinajstić information content (AvgIpc) is 3.14. The third kappa shape index (κ3) is 6.80. The summed E-state index contributed by atoms with van der Waals surface area (Å²) in [6.45, 7) is 1.68. The Morgan fingerprint density at radius 1 is 1.00 bits per heavy atom. The molecule has 0 bridgehead atoms. The van der Waals surface area contributed by atoms with Crippen molar-refractivity contribution >= 4 is 74.1 Å². The summed E-state index contributed by atoms with van der Waals surface area (Å²) in [6.07, 6.45) is 0. The smallest absolute Gasteiger partial charge is 0.258 e. The van der Waals surface area contributed by atoms with Crippen molar-refractivity contribution in [2.75, 3.05) is 30.5 Å². The van der Waals surface area contributed by atoms with Crippen molar-refractivity contribution in [1.82, 2.24) is 10.6 Å². The van der Waals surface area contributed by atoms with Crippen LogP contribution in [0.5, 0.6) is 5.75 Å². The van der Waals surface area contributed by atoms with E-state index in [1.54, 1.807) is 50.2 Å². The van der Waals surface area contributed by atoms with E-state index in [1.165, 1.54) is 29.2 Å². The molecule has 0 saturated heterocycles. The third-order valence-electron chi connectivity index (χ3n) is 7.78. The lowest BCUT2D eigenvalue weighted by atomic mass is 10.0. The molecule has 0 saturated carbocycles. The molecule has 234 valence electrons. The number of carbonyl (C=O) groups is 4. The van der Waals surface area contributed by atoms with E-state index in [1.807, 2.05) is 30.3 Å². The zero-order chi connectivity index (χ0) is 31.5. The van der Waals surface area contributed by atoms with Crippen LogP contribution in [-0.2, 0) is 16.1 Å². The van der Waals surface area contributed by atoms with Gasteiger partial charge in [0.1, 0.15) is 11.8 Å². The molecular formula is C33H33BrClN5O5. The molecule has 4 N–H and O–H groups in total. The molecule has 45 heavy (non-hydrogen) atoms. The number of nitrogens with one attached hydrogen (secondary N) is 2. The number of amides is 4. The van der Waals surface area contributed by atoms with Gasteiger partial charge >= 0.3 is 0 Å². The zero-order valence-corrected chi connectivity index (χ0v) is 27.3. The normalized spacial score (nSPS) is 15.0. The summed E-state index contributed by atoms with van der Waals surface area (Å²) in [5.41, 5.74) is 7.71. The summed E-state index contributed by atoms with van der Waals surface area (Å²) in [5, 5.41) is 7.60. The molecule has 1 aliphatic rings.